The summed E-state index contributed by atoms with van der Waals surface area (Å²) < 4.78 is 25.8. The van der Waals surface area contributed by atoms with Crippen LogP contribution in [0.25, 0.3) is 0 Å². The van der Waals surface area contributed by atoms with Gasteiger partial charge in [0, 0.05) is 18.9 Å². The van der Waals surface area contributed by atoms with Crippen LogP contribution in [-0.2, 0) is 27.8 Å². The monoisotopic (exact) mass is 361 g/mol. The van der Waals surface area contributed by atoms with E-state index in [4.69, 9.17) is 0 Å². The van der Waals surface area contributed by atoms with Crippen molar-refractivity contribution in [3.8, 4) is 0 Å². The first kappa shape index (κ1) is 18.9. The average molecular weight is 361 g/mol. The lowest BCUT2D eigenvalue weighted by molar-refractivity contribution is -0.119. The van der Waals surface area contributed by atoms with Crippen LogP contribution in [0.1, 0.15) is 23.6 Å². The van der Waals surface area contributed by atoms with Crippen molar-refractivity contribution >= 4 is 21.6 Å². The normalized spacial score (nSPS) is 11.2. The highest BCUT2D eigenvalue weighted by Crippen LogP contribution is 2.27. The minimum Gasteiger partial charge on any atom is -0.350 e. The van der Waals surface area contributed by atoms with Gasteiger partial charge in [-0.15, -0.1) is 0 Å². The third-order valence-electron chi connectivity index (χ3n) is 3.85. The Morgan fingerprint density at radius 2 is 2.00 bits per heavy atom. The minimum atomic E-state index is -3.59. The zero-order chi connectivity index (χ0) is 18.4. The predicted octanol–water partition coefficient (Wildman–Crippen LogP) is 2.03. The van der Waals surface area contributed by atoms with Gasteiger partial charge in [-0.1, -0.05) is 31.2 Å². The molecular formula is C18H23N3O3S. The van der Waals surface area contributed by atoms with Gasteiger partial charge in [-0.2, -0.15) is 0 Å². The van der Waals surface area contributed by atoms with E-state index in [1.165, 1.54) is 4.31 Å². The maximum atomic E-state index is 12.3. The second kappa shape index (κ2) is 8.11. The maximum absolute atomic E-state index is 12.3. The van der Waals surface area contributed by atoms with Crippen molar-refractivity contribution < 1.29 is 13.2 Å². The molecule has 1 amide bonds. The third-order valence-corrected chi connectivity index (χ3v) is 4.96. The first-order chi connectivity index (χ1) is 11.8. The van der Waals surface area contributed by atoms with Crippen LogP contribution in [0.15, 0.2) is 42.7 Å². The van der Waals surface area contributed by atoms with Gasteiger partial charge >= 0.3 is 0 Å². The van der Waals surface area contributed by atoms with E-state index in [2.05, 4.69) is 10.3 Å². The molecule has 1 aromatic heterocycles. The molecule has 0 unspecified atom stereocenters. The molecular weight excluding hydrogens is 338 g/mol. The Morgan fingerprint density at radius 3 is 2.60 bits per heavy atom. The number of anilines is 1. The van der Waals surface area contributed by atoms with Crippen molar-refractivity contribution in [1.82, 2.24) is 10.3 Å². The van der Waals surface area contributed by atoms with Gasteiger partial charge in [0.25, 0.3) is 0 Å². The molecule has 0 atom stereocenters. The summed E-state index contributed by atoms with van der Waals surface area (Å²) >= 11 is 0. The molecule has 134 valence electrons. The summed E-state index contributed by atoms with van der Waals surface area (Å²) in [6, 6.07) is 9.25. The zero-order valence-electron chi connectivity index (χ0n) is 14.7. The number of carbonyl (C=O) groups is 1. The van der Waals surface area contributed by atoms with Gasteiger partial charge in [0.1, 0.15) is 6.54 Å². The number of nitrogens with zero attached hydrogens (tertiary/aromatic N) is 2. The highest BCUT2D eigenvalue weighted by Gasteiger charge is 2.24. The molecule has 0 saturated carbocycles. The molecule has 25 heavy (non-hydrogen) atoms. The lowest BCUT2D eigenvalue weighted by Gasteiger charge is -2.26. The molecule has 1 N–H and O–H groups in total. The second-order valence-corrected chi connectivity index (χ2v) is 7.75. The number of aromatic nitrogens is 1. The number of amides is 1. The van der Waals surface area contributed by atoms with Crippen molar-refractivity contribution in [2.75, 3.05) is 17.1 Å². The minimum absolute atomic E-state index is 0.253. The van der Waals surface area contributed by atoms with Gasteiger partial charge < -0.3 is 5.32 Å². The summed E-state index contributed by atoms with van der Waals surface area (Å²) in [7, 11) is -3.59. The highest BCUT2D eigenvalue weighted by atomic mass is 32.2. The molecule has 0 bridgehead atoms. The molecule has 1 aromatic carbocycles. The van der Waals surface area contributed by atoms with Crippen LogP contribution in [0, 0.1) is 6.92 Å². The molecule has 0 spiro atoms. The van der Waals surface area contributed by atoms with Crippen molar-refractivity contribution in [3.05, 3.63) is 59.4 Å². The number of para-hydroxylation sites is 1. The smallest absolute Gasteiger partial charge is 0.241 e. The standard InChI is InChI=1S/C18H23N3O3S/c1-4-16-9-5-7-14(2)18(16)21(25(3,23)24)13-17(22)20-12-15-8-6-10-19-11-15/h5-11H,4,12-13H2,1-3H3,(H,20,22). The molecule has 0 aliphatic rings. The number of carbonyl (C=O) groups excluding carboxylic acids is 1. The topological polar surface area (TPSA) is 79.4 Å². The molecule has 0 aliphatic heterocycles. The predicted molar refractivity (Wildman–Crippen MR) is 98.8 cm³/mol. The van der Waals surface area contributed by atoms with Crippen LogP contribution in [0.5, 0.6) is 0 Å². The number of benzene rings is 1. The van der Waals surface area contributed by atoms with Gasteiger partial charge in [-0.3, -0.25) is 14.1 Å². The van der Waals surface area contributed by atoms with Gasteiger partial charge in [-0.25, -0.2) is 8.42 Å². The molecule has 7 heteroatoms. The molecule has 0 radical (unpaired) electrons. The summed E-state index contributed by atoms with van der Waals surface area (Å²) in [6.45, 7) is 3.86. The number of rotatable bonds is 7. The quantitative estimate of drug-likeness (QED) is 0.818. The summed E-state index contributed by atoms with van der Waals surface area (Å²) in [4.78, 5) is 16.3. The van der Waals surface area contributed by atoms with Crippen LogP contribution in [0.4, 0.5) is 5.69 Å². The van der Waals surface area contributed by atoms with Crippen LogP contribution in [0.2, 0.25) is 0 Å². The lowest BCUT2D eigenvalue weighted by atomic mass is 10.1. The van der Waals surface area contributed by atoms with E-state index in [0.717, 1.165) is 22.9 Å². The van der Waals surface area contributed by atoms with Crippen molar-refractivity contribution in [2.24, 2.45) is 0 Å². The second-order valence-electron chi connectivity index (χ2n) is 5.84. The Hall–Kier alpha value is -2.41. The Bertz CT molecular complexity index is 836. The fraction of sp³-hybridized carbons (Fsp3) is 0.333. The van der Waals surface area contributed by atoms with E-state index in [-0.39, 0.29) is 12.5 Å². The van der Waals surface area contributed by atoms with E-state index >= 15 is 0 Å². The van der Waals surface area contributed by atoms with Crippen LogP contribution in [-0.4, -0.2) is 32.1 Å². The van der Waals surface area contributed by atoms with Crippen LogP contribution >= 0.6 is 0 Å². The first-order valence-electron chi connectivity index (χ1n) is 8.04. The fourth-order valence-electron chi connectivity index (χ4n) is 2.61. The number of hydrogen-bond donors (Lipinski definition) is 1. The molecule has 6 nitrogen and oxygen atoms in total. The summed E-state index contributed by atoms with van der Waals surface area (Å²) in [5.41, 5.74) is 3.16. The van der Waals surface area contributed by atoms with Crippen molar-refractivity contribution in [3.63, 3.8) is 0 Å². The van der Waals surface area contributed by atoms with E-state index in [1.807, 2.05) is 38.1 Å². The molecule has 2 rings (SSSR count). The molecule has 0 saturated heterocycles. The van der Waals surface area contributed by atoms with Gasteiger partial charge in [0.05, 0.1) is 11.9 Å². The fourth-order valence-corrected chi connectivity index (χ4v) is 3.56. The Labute approximate surface area is 148 Å². The number of nitrogens with one attached hydrogen (secondary N) is 1. The Morgan fingerprint density at radius 1 is 1.24 bits per heavy atom. The van der Waals surface area contributed by atoms with Crippen molar-refractivity contribution in [2.45, 2.75) is 26.8 Å². The van der Waals surface area contributed by atoms with E-state index in [0.29, 0.717) is 18.7 Å². The van der Waals surface area contributed by atoms with Gasteiger partial charge in [-0.05, 0) is 36.1 Å². The van der Waals surface area contributed by atoms with Gasteiger partial charge in [0.15, 0.2) is 0 Å². The Balaban J connectivity index is 2.21. The molecule has 2 aromatic rings. The van der Waals surface area contributed by atoms with Crippen LogP contribution < -0.4 is 9.62 Å². The van der Waals surface area contributed by atoms with Crippen LogP contribution in [0.3, 0.4) is 0 Å². The Kier molecular flexibility index (Phi) is 6.14. The molecule has 0 aliphatic carbocycles. The summed E-state index contributed by atoms with van der Waals surface area (Å²) in [6.07, 6.45) is 5.11. The maximum Gasteiger partial charge on any atom is 0.241 e. The lowest BCUT2D eigenvalue weighted by Crippen LogP contribution is -2.41. The largest absolute Gasteiger partial charge is 0.350 e. The summed E-state index contributed by atoms with van der Waals surface area (Å²) in [5, 5.41) is 2.74. The number of sulfonamides is 1. The SMILES string of the molecule is CCc1cccc(C)c1N(CC(=O)NCc1cccnc1)S(C)(=O)=O. The third kappa shape index (κ3) is 5.03. The molecule has 0 fully saturated rings. The van der Waals surface area contributed by atoms with E-state index < -0.39 is 10.0 Å². The number of pyridine rings is 1. The highest BCUT2D eigenvalue weighted by molar-refractivity contribution is 7.92. The summed E-state index contributed by atoms with van der Waals surface area (Å²) in [5.74, 6) is -0.361. The van der Waals surface area contributed by atoms with Gasteiger partial charge in [0.2, 0.25) is 15.9 Å². The number of hydrogen-bond acceptors (Lipinski definition) is 4. The van der Waals surface area contributed by atoms with E-state index in [1.54, 1.807) is 18.5 Å². The first-order valence-corrected chi connectivity index (χ1v) is 9.89. The zero-order valence-corrected chi connectivity index (χ0v) is 15.5. The number of aryl methyl sites for hydroxylation is 2. The molecule has 1 heterocycles. The average Bonchev–Trinajstić information content (AvgIpc) is 2.58. The van der Waals surface area contributed by atoms with Crippen molar-refractivity contribution in [1.29, 1.82) is 0 Å². The van der Waals surface area contributed by atoms with E-state index in [9.17, 15) is 13.2 Å².